The summed E-state index contributed by atoms with van der Waals surface area (Å²) < 4.78 is 11.2. The van der Waals surface area contributed by atoms with E-state index in [1.54, 1.807) is 0 Å². The molecule has 0 aliphatic rings. The van der Waals surface area contributed by atoms with Gasteiger partial charge in [-0.05, 0) is 0 Å². The predicted octanol–water partition coefficient (Wildman–Crippen LogP) is 2.95. The van der Waals surface area contributed by atoms with Crippen LogP contribution in [0.2, 0.25) is 0 Å². The summed E-state index contributed by atoms with van der Waals surface area (Å²) in [5, 5.41) is 0. The molecule has 0 atom stereocenters. The standard InChI is InChI=1S/2C7H7O.Sn/c2*8-6-7-4-2-1-3-5-7;/h2*1-5H,6H2;/q2*-1;+2. The average Bonchev–Trinajstić information content (AvgIpc) is 2.41. The van der Waals surface area contributed by atoms with Crippen LogP contribution in [-0.4, -0.2) is 22.0 Å². The molecule has 86 valence electrons. The molecule has 17 heavy (non-hydrogen) atoms. The predicted molar refractivity (Wildman–Crippen MR) is 68.2 cm³/mol. The molecule has 0 amide bonds. The molecule has 0 spiro atoms. The Morgan fingerprint density at radius 1 is 0.647 bits per heavy atom. The molecule has 0 aromatic heterocycles. The van der Waals surface area contributed by atoms with Gasteiger partial charge >= 0.3 is 113 Å². The molecule has 0 heterocycles. The van der Waals surface area contributed by atoms with Gasteiger partial charge in [-0.2, -0.15) is 0 Å². The molecule has 2 radical (unpaired) electrons. The third kappa shape index (κ3) is 4.89. The van der Waals surface area contributed by atoms with Crippen molar-refractivity contribution in [3.63, 3.8) is 0 Å². The van der Waals surface area contributed by atoms with Crippen LogP contribution < -0.4 is 0 Å². The van der Waals surface area contributed by atoms with Gasteiger partial charge in [0.15, 0.2) is 0 Å². The molecular weight excluding hydrogens is 319 g/mol. The summed E-state index contributed by atoms with van der Waals surface area (Å²) in [6.07, 6.45) is 0. The van der Waals surface area contributed by atoms with Crippen LogP contribution in [0, 0.1) is 0 Å². The summed E-state index contributed by atoms with van der Waals surface area (Å²) in [4.78, 5) is 0. The molecule has 0 unspecified atom stereocenters. The van der Waals surface area contributed by atoms with Crippen molar-refractivity contribution in [2.45, 2.75) is 13.2 Å². The Hall–Kier alpha value is -0.841. The van der Waals surface area contributed by atoms with Gasteiger partial charge in [-0.3, -0.25) is 0 Å². The van der Waals surface area contributed by atoms with Crippen LogP contribution in [0.25, 0.3) is 0 Å². The van der Waals surface area contributed by atoms with Crippen LogP contribution in [0.15, 0.2) is 60.7 Å². The fraction of sp³-hybridized carbons (Fsp3) is 0.143. The van der Waals surface area contributed by atoms with Gasteiger partial charge in [-0.25, -0.2) is 0 Å². The van der Waals surface area contributed by atoms with Crippen LogP contribution in [0.4, 0.5) is 0 Å². The molecule has 2 rings (SSSR count). The minimum atomic E-state index is -1.15. The van der Waals surface area contributed by atoms with Crippen LogP contribution in [0.5, 0.6) is 0 Å². The summed E-state index contributed by atoms with van der Waals surface area (Å²) in [6.45, 7) is 1.34. The van der Waals surface area contributed by atoms with Gasteiger partial charge in [0.25, 0.3) is 0 Å². The zero-order valence-electron chi connectivity index (χ0n) is 9.50. The molecule has 0 saturated carbocycles. The molecule has 0 bridgehead atoms. The third-order valence-electron chi connectivity index (χ3n) is 2.28. The van der Waals surface area contributed by atoms with E-state index in [1.165, 1.54) is 11.1 Å². The van der Waals surface area contributed by atoms with Gasteiger partial charge < -0.3 is 0 Å². The first-order chi connectivity index (χ1) is 8.45. The van der Waals surface area contributed by atoms with Crippen molar-refractivity contribution in [2.24, 2.45) is 0 Å². The number of benzene rings is 2. The zero-order chi connectivity index (χ0) is 11.8. The van der Waals surface area contributed by atoms with Crippen LogP contribution in [0.1, 0.15) is 11.1 Å². The van der Waals surface area contributed by atoms with E-state index in [1.807, 2.05) is 36.4 Å². The number of hydrogen-bond acceptors (Lipinski definition) is 2. The quantitative estimate of drug-likeness (QED) is 0.598. The molecule has 0 saturated heterocycles. The van der Waals surface area contributed by atoms with E-state index in [0.717, 1.165) is 0 Å². The van der Waals surface area contributed by atoms with Crippen molar-refractivity contribution in [3.8, 4) is 0 Å². The fourth-order valence-corrected chi connectivity index (χ4v) is 2.94. The Kier molecular flexibility index (Phi) is 5.55. The van der Waals surface area contributed by atoms with Crippen LogP contribution in [0.3, 0.4) is 0 Å². The van der Waals surface area contributed by atoms with Crippen molar-refractivity contribution >= 4 is 22.0 Å². The molecular formula is C14H14O2Sn. The summed E-state index contributed by atoms with van der Waals surface area (Å²) >= 11 is -1.15. The topological polar surface area (TPSA) is 18.5 Å². The maximum atomic E-state index is 5.59. The van der Waals surface area contributed by atoms with Crippen molar-refractivity contribution in [1.29, 1.82) is 0 Å². The molecule has 0 N–H and O–H groups in total. The molecule has 2 aromatic rings. The monoisotopic (exact) mass is 334 g/mol. The summed E-state index contributed by atoms with van der Waals surface area (Å²) in [5.74, 6) is 0. The van der Waals surface area contributed by atoms with Gasteiger partial charge in [0.1, 0.15) is 0 Å². The molecule has 3 heteroatoms. The molecule has 2 nitrogen and oxygen atoms in total. The van der Waals surface area contributed by atoms with Crippen molar-refractivity contribution in [1.82, 2.24) is 0 Å². The van der Waals surface area contributed by atoms with E-state index in [-0.39, 0.29) is 0 Å². The molecule has 0 aliphatic carbocycles. The first-order valence-corrected chi connectivity index (χ1v) is 7.84. The maximum absolute atomic E-state index is 5.59. The van der Waals surface area contributed by atoms with E-state index >= 15 is 0 Å². The third-order valence-corrected chi connectivity index (χ3v) is 3.78. The summed E-state index contributed by atoms with van der Waals surface area (Å²) in [5.41, 5.74) is 2.41. The SMILES string of the molecule is c1ccc(C[O][Sn][O]Cc2ccccc2)cc1. The summed E-state index contributed by atoms with van der Waals surface area (Å²) in [7, 11) is 0. The van der Waals surface area contributed by atoms with Crippen molar-refractivity contribution in [3.05, 3.63) is 71.8 Å². The summed E-state index contributed by atoms with van der Waals surface area (Å²) in [6, 6.07) is 20.4. The van der Waals surface area contributed by atoms with E-state index in [2.05, 4.69) is 24.3 Å². The van der Waals surface area contributed by atoms with E-state index < -0.39 is 22.0 Å². The van der Waals surface area contributed by atoms with Crippen molar-refractivity contribution < 1.29 is 6.15 Å². The van der Waals surface area contributed by atoms with Crippen LogP contribution in [-0.2, 0) is 19.4 Å². The van der Waals surface area contributed by atoms with Gasteiger partial charge in [0, 0.05) is 0 Å². The zero-order valence-corrected chi connectivity index (χ0v) is 12.4. The Morgan fingerprint density at radius 2 is 1.06 bits per heavy atom. The average molecular weight is 333 g/mol. The van der Waals surface area contributed by atoms with Gasteiger partial charge in [0.2, 0.25) is 0 Å². The Balaban J connectivity index is 1.61. The number of rotatable bonds is 6. The fourth-order valence-electron chi connectivity index (χ4n) is 1.42. The second-order valence-electron chi connectivity index (χ2n) is 3.63. The van der Waals surface area contributed by atoms with E-state index in [0.29, 0.717) is 13.2 Å². The second-order valence-corrected chi connectivity index (χ2v) is 5.76. The first kappa shape index (κ1) is 12.6. The Labute approximate surface area is 113 Å². The Morgan fingerprint density at radius 3 is 1.47 bits per heavy atom. The molecule has 2 aromatic carbocycles. The first-order valence-electron chi connectivity index (χ1n) is 5.51. The van der Waals surface area contributed by atoms with Gasteiger partial charge in [-0.1, -0.05) is 0 Å². The Bertz CT molecular complexity index is 375. The number of hydrogen-bond donors (Lipinski definition) is 0. The van der Waals surface area contributed by atoms with Crippen LogP contribution >= 0.6 is 0 Å². The second kappa shape index (κ2) is 7.48. The van der Waals surface area contributed by atoms with E-state index in [9.17, 15) is 0 Å². The van der Waals surface area contributed by atoms with Gasteiger partial charge in [-0.15, -0.1) is 0 Å². The van der Waals surface area contributed by atoms with Gasteiger partial charge in [0.05, 0.1) is 0 Å². The van der Waals surface area contributed by atoms with Crippen molar-refractivity contribution in [2.75, 3.05) is 0 Å². The molecule has 0 aliphatic heterocycles. The van der Waals surface area contributed by atoms with E-state index in [4.69, 9.17) is 6.15 Å². The minimum absolute atomic E-state index is 0.668. The normalized spacial score (nSPS) is 10.4. The molecule has 0 fully saturated rings.